The lowest BCUT2D eigenvalue weighted by molar-refractivity contribution is -0.127. The summed E-state index contributed by atoms with van der Waals surface area (Å²) in [6.45, 7) is 1.57. The summed E-state index contributed by atoms with van der Waals surface area (Å²) in [6, 6.07) is 4.27. The van der Waals surface area contributed by atoms with E-state index in [0.717, 1.165) is 51.0 Å². The molecule has 2 heterocycles. The van der Waals surface area contributed by atoms with Crippen molar-refractivity contribution in [1.29, 1.82) is 0 Å². The van der Waals surface area contributed by atoms with Gasteiger partial charge in [-0.1, -0.05) is 6.42 Å². The third-order valence-corrected chi connectivity index (χ3v) is 5.88. The Hall–Kier alpha value is -1.55. The number of carbonyl (C=O) groups is 1. The first-order valence-electron chi connectivity index (χ1n) is 8.25. The van der Waals surface area contributed by atoms with Gasteiger partial charge in [0.1, 0.15) is 5.75 Å². The Bertz CT molecular complexity index is 702. The van der Waals surface area contributed by atoms with Crippen LogP contribution in [-0.4, -0.2) is 19.1 Å². The third-order valence-electron chi connectivity index (χ3n) is 4.88. The van der Waals surface area contributed by atoms with Crippen molar-refractivity contribution in [3.63, 3.8) is 0 Å². The molecule has 3 nitrogen and oxygen atoms in total. The second-order valence-electron chi connectivity index (χ2n) is 6.30. The minimum Gasteiger partial charge on any atom is -0.493 e. The van der Waals surface area contributed by atoms with Gasteiger partial charge in [0, 0.05) is 28.1 Å². The summed E-state index contributed by atoms with van der Waals surface area (Å²) >= 11 is 1.80. The van der Waals surface area contributed by atoms with Crippen molar-refractivity contribution in [2.75, 3.05) is 13.2 Å². The molecule has 116 valence electrons. The number of carbonyl (C=O) groups excluding carboxylic acids is 1. The minimum absolute atomic E-state index is 0.246. The lowest BCUT2D eigenvalue weighted by atomic mass is 9.85. The van der Waals surface area contributed by atoms with E-state index < -0.39 is 0 Å². The maximum atomic E-state index is 11.9. The lowest BCUT2D eigenvalue weighted by Crippen LogP contribution is -2.35. The van der Waals surface area contributed by atoms with Gasteiger partial charge in [0.25, 0.3) is 0 Å². The number of ether oxygens (including phenoxy) is 1. The van der Waals surface area contributed by atoms with Gasteiger partial charge < -0.3 is 10.1 Å². The summed E-state index contributed by atoms with van der Waals surface area (Å²) in [4.78, 5) is 11.9. The molecule has 1 fully saturated rings. The lowest BCUT2D eigenvalue weighted by Gasteiger charge is -2.24. The zero-order valence-corrected chi connectivity index (χ0v) is 13.5. The van der Waals surface area contributed by atoms with Crippen LogP contribution >= 0.6 is 11.3 Å². The molecule has 1 N–H and O–H groups in total. The molecule has 4 heteroatoms. The highest BCUT2D eigenvalue weighted by Crippen LogP contribution is 2.37. The highest BCUT2D eigenvalue weighted by atomic mass is 32.1. The zero-order valence-electron chi connectivity index (χ0n) is 12.7. The molecule has 0 bridgehead atoms. The largest absolute Gasteiger partial charge is 0.493 e. The van der Waals surface area contributed by atoms with E-state index in [4.69, 9.17) is 4.74 Å². The van der Waals surface area contributed by atoms with E-state index in [9.17, 15) is 4.79 Å². The Labute approximate surface area is 134 Å². The van der Waals surface area contributed by atoms with Gasteiger partial charge >= 0.3 is 0 Å². The van der Waals surface area contributed by atoms with E-state index in [1.54, 1.807) is 11.3 Å². The van der Waals surface area contributed by atoms with E-state index in [1.165, 1.54) is 27.6 Å². The first kappa shape index (κ1) is 14.1. The molecule has 1 saturated carbocycles. The monoisotopic (exact) mass is 315 g/mol. The number of rotatable bonds is 4. The second-order valence-corrected chi connectivity index (χ2v) is 7.21. The summed E-state index contributed by atoms with van der Waals surface area (Å²) in [5.74, 6) is 1.58. The average molecular weight is 315 g/mol. The van der Waals surface area contributed by atoms with Crippen molar-refractivity contribution in [3.05, 3.63) is 28.6 Å². The van der Waals surface area contributed by atoms with E-state index >= 15 is 0 Å². The summed E-state index contributed by atoms with van der Waals surface area (Å²) in [5.41, 5.74) is 2.72. The Balaban J connectivity index is 1.50. The number of aryl methyl sites for hydroxylation is 1. The highest BCUT2D eigenvalue weighted by Gasteiger charge is 2.24. The predicted octanol–water partition coefficient (Wildman–Crippen LogP) is 3.69. The summed E-state index contributed by atoms with van der Waals surface area (Å²) < 4.78 is 7.12. The maximum absolute atomic E-state index is 11.9. The number of nitrogens with one attached hydrogen (secondary N) is 1. The SMILES string of the molecule is O=C(NCCc1csc2ccc3c(c12)CCCO3)C1CCC1. The van der Waals surface area contributed by atoms with Gasteiger partial charge in [-0.05, 0) is 55.2 Å². The number of fused-ring (bicyclic) bond motifs is 3. The minimum atomic E-state index is 0.246. The molecular formula is C18H21NO2S. The molecule has 2 aliphatic rings. The van der Waals surface area contributed by atoms with Gasteiger partial charge in [0.05, 0.1) is 6.61 Å². The molecule has 0 saturated heterocycles. The topological polar surface area (TPSA) is 38.3 Å². The Morgan fingerprint density at radius 3 is 3.05 bits per heavy atom. The number of amides is 1. The molecule has 0 radical (unpaired) electrons. The van der Waals surface area contributed by atoms with E-state index in [2.05, 4.69) is 22.8 Å². The van der Waals surface area contributed by atoms with Crippen LogP contribution < -0.4 is 10.1 Å². The van der Waals surface area contributed by atoms with Gasteiger partial charge in [-0.25, -0.2) is 0 Å². The van der Waals surface area contributed by atoms with E-state index in [1.807, 2.05) is 0 Å². The van der Waals surface area contributed by atoms with Gasteiger partial charge in [0.2, 0.25) is 5.91 Å². The van der Waals surface area contributed by atoms with Gasteiger partial charge in [-0.15, -0.1) is 11.3 Å². The summed E-state index contributed by atoms with van der Waals surface area (Å²) in [6.07, 6.45) is 6.45. The molecule has 1 aromatic carbocycles. The molecule has 0 unspecified atom stereocenters. The fourth-order valence-corrected chi connectivity index (χ4v) is 4.41. The fraction of sp³-hybridized carbons (Fsp3) is 0.500. The van der Waals surface area contributed by atoms with Crippen LogP contribution in [0.4, 0.5) is 0 Å². The first-order valence-corrected chi connectivity index (χ1v) is 9.13. The number of hydrogen-bond acceptors (Lipinski definition) is 3. The van der Waals surface area contributed by atoms with E-state index in [-0.39, 0.29) is 11.8 Å². The molecule has 1 aromatic heterocycles. The average Bonchev–Trinajstić information content (AvgIpc) is 2.89. The van der Waals surface area contributed by atoms with Crippen molar-refractivity contribution >= 4 is 27.3 Å². The molecule has 22 heavy (non-hydrogen) atoms. The van der Waals surface area contributed by atoms with Crippen LogP contribution in [0.5, 0.6) is 5.75 Å². The highest BCUT2D eigenvalue weighted by molar-refractivity contribution is 7.17. The molecule has 0 atom stereocenters. The van der Waals surface area contributed by atoms with Crippen molar-refractivity contribution in [2.24, 2.45) is 5.92 Å². The molecule has 1 amide bonds. The van der Waals surface area contributed by atoms with Crippen LogP contribution in [0.1, 0.15) is 36.8 Å². The Morgan fingerprint density at radius 2 is 2.23 bits per heavy atom. The quantitative estimate of drug-likeness (QED) is 0.934. The molecule has 1 aliphatic heterocycles. The van der Waals surface area contributed by atoms with Crippen LogP contribution in [0.2, 0.25) is 0 Å². The molecule has 4 rings (SSSR count). The van der Waals surface area contributed by atoms with Crippen molar-refractivity contribution in [1.82, 2.24) is 5.32 Å². The van der Waals surface area contributed by atoms with Gasteiger partial charge in [0.15, 0.2) is 0 Å². The van der Waals surface area contributed by atoms with Gasteiger partial charge in [-0.3, -0.25) is 4.79 Å². The van der Waals surface area contributed by atoms with Crippen molar-refractivity contribution in [3.8, 4) is 5.75 Å². The van der Waals surface area contributed by atoms with Crippen LogP contribution in [-0.2, 0) is 17.6 Å². The summed E-state index contributed by atoms with van der Waals surface area (Å²) in [7, 11) is 0. The van der Waals surface area contributed by atoms with Crippen LogP contribution in [0.25, 0.3) is 10.1 Å². The van der Waals surface area contributed by atoms with Crippen molar-refractivity contribution < 1.29 is 9.53 Å². The zero-order chi connectivity index (χ0) is 14.9. The second kappa shape index (κ2) is 5.92. The van der Waals surface area contributed by atoms with Crippen molar-refractivity contribution in [2.45, 2.75) is 38.5 Å². The van der Waals surface area contributed by atoms with E-state index in [0.29, 0.717) is 0 Å². The predicted molar refractivity (Wildman–Crippen MR) is 89.7 cm³/mol. The molecule has 0 spiro atoms. The van der Waals surface area contributed by atoms with Gasteiger partial charge in [-0.2, -0.15) is 0 Å². The standard InChI is InChI=1S/C18H21NO2S/c20-18(12-3-1-4-12)19-9-8-13-11-22-16-7-6-15-14(17(13)16)5-2-10-21-15/h6-7,11-12H,1-5,8-10H2,(H,19,20). The molecular weight excluding hydrogens is 294 g/mol. The smallest absolute Gasteiger partial charge is 0.223 e. The number of benzene rings is 1. The van der Waals surface area contributed by atoms with Crippen LogP contribution in [0.3, 0.4) is 0 Å². The Kier molecular flexibility index (Phi) is 3.78. The van der Waals surface area contributed by atoms with Crippen LogP contribution in [0, 0.1) is 5.92 Å². The molecule has 2 aromatic rings. The summed E-state index contributed by atoms with van der Waals surface area (Å²) in [5, 5.41) is 6.72. The first-order chi connectivity index (χ1) is 10.8. The number of hydrogen-bond donors (Lipinski definition) is 1. The van der Waals surface area contributed by atoms with Crippen LogP contribution in [0.15, 0.2) is 17.5 Å². The fourth-order valence-electron chi connectivity index (χ4n) is 3.38. The molecule has 1 aliphatic carbocycles. The normalized spacial score (nSPS) is 17.6. The number of thiophene rings is 1. The Morgan fingerprint density at radius 1 is 1.32 bits per heavy atom. The third kappa shape index (κ3) is 2.50. The maximum Gasteiger partial charge on any atom is 0.223 e.